The molecule has 13 rings (SSSR count). The van der Waals surface area contributed by atoms with Crippen LogP contribution in [0.4, 0.5) is 0 Å². The van der Waals surface area contributed by atoms with Gasteiger partial charge in [-0.05, 0) is 59.7 Å². The van der Waals surface area contributed by atoms with Crippen molar-refractivity contribution in [3.8, 4) is 39.9 Å². The van der Waals surface area contributed by atoms with Crippen LogP contribution in [0.3, 0.4) is 0 Å². The minimum Gasteiger partial charge on any atom is -0.456 e. The Morgan fingerprint density at radius 1 is 0.328 bits per heavy atom. The molecular formula is C51H28N4O3. The van der Waals surface area contributed by atoms with Gasteiger partial charge < -0.3 is 13.3 Å². The molecule has 0 bridgehead atoms. The van der Waals surface area contributed by atoms with Crippen LogP contribution in [0.5, 0.6) is 0 Å². The van der Waals surface area contributed by atoms with Crippen molar-refractivity contribution >= 4 is 87.6 Å². The first-order valence-electron chi connectivity index (χ1n) is 19.3. The minimum atomic E-state index is 0.484. The fraction of sp³-hybridized carbons (Fsp3) is 0. The molecule has 0 unspecified atom stereocenters. The van der Waals surface area contributed by atoms with Gasteiger partial charge in [-0.1, -0.05) is 115 Å². The molecule has 0 atom stereocenters. The molecule has 0 fully saturated rings. The Kier molecular flexibility index (Phi) is 6.32. The van der Waals surface area contributed by atoms with E-state index in [4.69, 9.17) is 28.2 Å². The first kappa shape index (κ1) is 31.2. The molecule has 0 saturated carbocycles. The van der Waals surface area contributed by atoms with E-state index in [-0.39, 0.29) is 0 Å². The molecule has 0 aliphatic rings. The third-order valence-corrected chi connectivity index (χ3v) is 11.5. The van der Waals surface area contributed by atoms with Crippen molar-refractivity contribution in [1.29, 1.82) is 0 Å². The second kappa shape index (κ2) is 11.7. The summed E-state index contributed by atoms with van der Waals surface area (Å²) in [7, 11) is 0. The fourth-order valence-corrected chi connectivity index (χ4v) is 8.91. The molecule has 0 spiro atoms. The van der Waals surface area contributed by atoms with Crippen molar-refractivity contribution in [3.05, 3.63) is 170 Å². The van der Waals surface area contributed by atoms with Gasteiger partial charge in [0.25, 0.3) is 0 Å². The molecule has 58 heavy (non-hydrogen) atoms. The summed E-state index contributed by atoms with van der Waals surface area (Å²) in [6.45, 7) is 0. The lowest BCUT2D eigenvalue weighted by Crippen LogP contribution is -2.06. The lowest BCUT2D eigenvalue weighted by atomic mass is 9.97. The highest BCUT2D eigenvalue weighted by Gasteiger charge is 2.23. The fourth-order valence-electron chi connectivity index (χ4n) is 8.91. The summed E-state index contributed by atoms with van der Waals surface area (Å²) in [4.78, 5) is 16.0. The van der Waals surface area contributed by atoms with Crippen molar-refractivity contribution in [1.82, 2.24) is 19.5 Å². The predicted octanol–water partition coefficient (Wildman–Crippen LogP) is 13.7. The monoisotopic (exact) mass is 744 g/mol. The van der Waals surface area contributed by atoms with E-state index < -0.39 is 0 Å². The van der Waals surface area contributed by atoms with E-state index in [0.717, 1.165) is 110 Å². The van der Waals surface area contributed by atoms with Crippen molar-refractivity contribution < 1.29 is 13.3 Å². The number of benzene rings is 8. The molecule has 13 aromatic rings. The molecule has 0 aliphatic carbocycles. The quantitative estimate of drug-likeness (QED) is 0.178. The van der Waals surface area contributed by atoms with Gasteiger partial charge in [0.2, 0.25) is 5.95 Å². The molecule has 0 radical (unpaired) electrons. The number of para-hydroxylation sites is 4. The first-order chi connectivity index (χ1) is 28.7. The maximum atomic E-state index is 6.57. The smallest absolute Gasteiger partial charge is 0.238 e. The van der Waals surface area contributed by atoms with E-state index in [1.165, 1.54) is 0 Å². The number of hydrogen-bond acceptors (Lipinski definition) is 6. The molecule has 7 heteroatoms. The molecule has 7 nitrogen and oxygen atoms in total. The molecule has 8 aromatic carbocycles. The Bertz CT molecular complexity index is 3810. The van der Waals surface area contributed by atoms with Crippen molar-refractivity contribution in [2.24, 2.45) is 0 Å². The van der Waals surface area contributed by atoms with Crippen LogP contribution >= 0.6 is 0 Å². The summed E-state index contributed by atoms with van der Waals surface area (Å²) < 4.78 is 21.5. The van der Waals surface area contributed by atoms with Gasteiger partial charge in [-0.15, -0.1) is 0 Å². The third-order valence-electron chi connectivity index (χ3n) is 11.5. The van der Waals surface area contributed by atoms with Crippen LogP contribution in [0.25, 0.3) is 127 Å². The zero-order valence-corrected chi connectivity index (χ0v) is 30.7. The molecule has 0 N–H and O–H groups in total. The van der Waals surface area contributed by atoms with Gasteiger partial charge in [0.05, 0.1) is 11.0 Å². The Balaban J connectivity index is 1.15. The Hall–Kier alpha value is -8.03. The van der Waals surface area contributed by atoms with Gasteiger partial charge in [0.15, 0.2) is 11.6 Å². The minimum absolute atomic E-state index is 0.484. The van der Waals surface area contributed by atoms with Crippen LogP contribution in [0.1, 0.15) is 0 Å². The molecule has 0 saturated heterocycles. The summed E-state index contributed by atoms with van der Waals surface area (Å²) in [6.07, 6.45) is 0. The second-order valence-electron chi connectivity index (χ2n) is 14.7. The number of aromatic nitrogens is 4. The Morgan fingerprint density at radius 2 is 0.931 bits per heavy atom. The lowest BCUT2D eigenvalue weighted by molar-refractivity contribution is 0.668. The summed E-state index contributed by atoms with van der Waals surface area (Å²) in [5, 5.41) is 8.36. The summed E-state index contributed by atoms with van der Waals surface area (Å²) in [5.41, 5.74) is 10.5. The van der Waals surface area contributed by atoms with Crippen LogP contribution in [0.2, 0.25) is 0 Å². The first-order valence-corrected chi connectivity index (χ1v) is 19.3. The molecule has 5 heterocycles. The normalized spacial score (nSPS) is 12.1. The molecule has 270 valence electrons. The van der Waals surface area contributed by atoms with Gasteiger partial charge in [-0.3, -0.25) is 4.57 Å². The number of fused-ring (bicyclic) bond motifs is 12. The van der Waals surface area contributed by atoms with Crippen LogP contribution in [-0.4, -0.2) is 19.5 Å². The highest BCUT2D eigenvalue weighted by Crippen LogP contribution is 2.42. The van der Waals surface area contributed by atoms with Crippen molar-refractivity contribution in [2.45, 2.75) is 0 Å². The van der Waals surface area contributed by atoms with E-state index >= 15 is 0 Å². The maximum absolute atomic E-state index is 6.57. The van der Waals surface area contributed by atoms with Gasteiger partial charge in [0, 0.05) is 60.3 Å². The molecule has 0 aliphatic heterocycles. The topological polar surface area (TPSA) is 83.0 Å². The zero-order chi connectivity index (χ0) is 37.9. The van der Waals surface area contributed by atoms with E-state index in [1.807, 2.05) is 66.7 Å². The standard InChI is InChI=1S/C51H28N4O3/c1-2-13-29(14-3-1)36-25-30(26-46-48(36)34-18-7-11-23-43(34)58-46)49-52-50(35-19-12-24-44-47(35)33-17-6-10-22-42(33)56-44)54-51(53-49)55-39-20-8-4-15-31(39)37-27-38-32-16-5-9-21-41(32)57-45(38)28-40(37)55/h1-28H. The van der Waals surface area contributed by atoms with E-state index in [2.05, 4.69) is 108 Å². The number of nitrogens with zero attached hydrogens (tertiary/aromatic N) is 4. The van der Waals surface area contributed by atoms with Gasteiger partial charge in [-0.25, -0.2) is 4.98 Å². The zero-order valence-electron chi connectivity index (χ0n) is 30.7. The lowest BCUT2D eigenvalue weighted by Gasteiger charge is -2.12. The Morgan fingerprint density at radius 3 is 1.72 bits per heavy atom. The summed E-state index contributed by atoms with van der Waals surface area (Å²) >= 11 is 0. The van der Waals surface area contributed by atoms with E-state index in [0.29, 0.717) is 17.6 Å². The second-order valence-corrected chi connectivity index (χ2v) is 14.7. The van der Waals surface area contributed by atoms with Crippen LogP contribution in [0.15, 0.2) is 183 Å². The van der Waals surface area contributed by atoms with Gasteiger partial charge >= 0.3 is 0 Å². The maximum Gasteiger partial charge on any atom is 0.238 e. The molecule has 0 amide bonds. The van der Waals surface area contributed by atoms with E-state index in [9.17, 15) is 0 Å². The van der Waals surface area contributed by atoms with Crippen LogP contribution < -0.4 is 0 Å². The molecule has 5 aromatic heterocycles. The summed E-state index contributed by atoms with van der Waals surface area (Å²) in [5.74, 6) is 1.52. The highest BCUT2D eigenvalue weighted by atomic mass is 16.3. The van der Waals surface area contributed by atoms with Crippen molar-refractivity contribution in [3.63, 3.8) is 0 Å². The van der Waals surface area contributed by atoms with E-state index in [1.54, 1.807) is 0 Å². The summed E-state index contributed by atoms with van der Waals surface area (Å²) in [6, 6.07) is 57.9. The predicted molar refractivity (Wildman–Crippen MR) is 232 cm³/mol. The Labute approximate surface area is 329 Å². The van der Waals surface area contributed by atoms with Crippen molar-refractivity contribution in [2.75, 3.05) is 0 Å². The highest BCUT2D eigenvalue weighted by molar-refractivity contribution is 6.18. The SMILES string of the molecule is c1ccc(-c2cc(-c3nc(-c4cccc5oc6ccccc6c45)nc(-n4c5ccccc5c5cc6c(cc54)oc4ccccc46)n3)cc3oc4ccccc4c23)cc1. The molecular weight excluding hydrogens is 717 g/mol. The third kappa shape index (κ3) is 4.46. The largest absolute Gasteiger partial charge is 0.456 e. The number of furan rings is 3. The number of rotatable bonds is 4. The van der Waals surface area contributed by atoms with Gasteiger partial charge in [-0.2, -0.15) is 9.97 Å². The number of hydrogen-bond donors (Lipinski definition) is 0. The van der Waals surface area contributed by atoms with Gasteiger partial charge in [0.1, 0.15) is 33.5 Å². The van der Waals surface area contributed by atoms with Crippen LogP contribution in [-0.2, 0) is 0 Å². The van der Waals surface area contributed by atoms with Crippen LogP contribution in [0, 0.1) is 0 Å². The average Bonchev–Trinajstić information content (AvgIpc) is 4.04. The average molecular weight is 745 g/mol.